The van der Waals surface area contributed by atoms with Crippen LogP contribution in [0.5, 0.6) is 0 Å². The fourth-order valence-electron chi connectivity index (χ4n) is 4.13. The van der Waals surface area contributed by atoms with E-state index in [4.69, 9.17) is 0 Å². The molecule has 0 amide bonds. The largest absolute Gasteiger partial charge is 0.351 e. The highest BCUT2D eigenvalue weighted by atomic mass is 32.2. The van der Waals surface area contributed by atoms with Gasteiger partial charge in [-0.1, -0.05) is 12.1 Å². The van der Waals surface area contributed by atoms with Crippen molar-refractivity contribution in [3.8, 4) is 32.4 Å². The van der Waals surface area contributed by atoms with Crippen molar-refractivity contribution in [1.82, 2.24) is 24.9 Å². The van der Waals surface area contributed by atoms with Crippen LogP contribution in [0.4, 0.5) is 24.8 Å². The van der Waals surface area contributed by atoms with Crippen molar-refractivity contribution < 1.29 is 21.6 Å². The summed E-state index contributed by atoms with van der Waals surface area (Å²) in [6, 6.07) is 7.92. The second kappa shape index (κ2) is 10.8. The molecule has 0 radical (unpaired) electrons. The number of aromatic nitrogens is 5. The van der Waals surface area contributed by atoms with Gasteiger partial charge in [0.25, 0.3) is 10.0 Å². The predicted molar refractivity (Wildman–Crippen MR) is 153 cm³/mol. The Bertz CT molecular complexity index is 1930. The van der Waals surface area contributed by atoms with Crippen LogP contribution in [0.15, 0.2) is 59.9 Å². The van der Waals surface area contributed by atoms with Crippen LogP contribution in [0.3, 0.4) is 0 Å². The third kappa shape index (κ3) is 5.42. The lowest BCUT2D eigenvalue weighted by Gasteiger charge is -2.13. The summed E-state index contributed by atoms with van der Waals surface area (Å²) in [5, 5.41) is 3.71. The molecule has 1 fully saturated rings. The molecule has 1 aliphatic rings. The van der Waals surface area contributed by atoms with E-state index in [1.165, 1.54) is 30.4 Å². The van der Waals surface area contributed by atoms with Gasteiger partial charge >= 0.3 is 0 Å². The number of halogens is 3. The van der Waals surface area contributed by atoms with Gasteiger partial charge in [-0.3, -0.25) is 4.72 Å². The topological polar surface area (TPSA) is 123 Å². The Morgan fingerprint density at radius 2 is 1.69 bits per heavy atom. The second-order valence-corrected chi connectivity index (χ2v) is 12.3. The third-order valence-corrected chi connectivity index (χ3v) is 8.99. The highest BCUT2D eigenvalue weighted by Crippen LogP contribution is 2.42. The summed E-state index contributed by atoms with van der Waals surface area (Å²) in [6.45, 7) is 3.04. The number of nitrogens with one attached hydrogen (secondary N) is 2. The number of thiazole rings is 1. The molecule has 0 bridgehead atoms. The van der Waals surface area contributed by atoms with Crippen molar-refractivity contribution in [1.29, 1.82) is 0 Å². The first-order chi connectivity index (χ1) is 20.1. The van der Waals surface area contributed by atoms with Gasteiger partial charge in [-0.2, -0.15) is 0 Å². The Kier molecular flexibility index (Phi) is 7.10. The van der Waals surface area contributed by atoms with E-state index in [0.29, 0.717) is 39.0 Å². The van der Waals surface area contributed by atoms with E-state index in [-0.39, 0.29) is 16.8 Å². The smallest absolute Gasteiger partial charge is 0.267 e. The maximum Gasteiger partial charge on any atom is 0.267 e. The molecule has 42 heavy (non-hydrogen) atoms. The van der Waals surface area contributed by atoms with Gasteiger partial charge in [-0.25, -0.2) is 46.5 Å². The van der Waals surface area contributed by atoms with E-state index in [2.05, 4.69) is 30.2 Å². The number of hydrogen-bond donors (Lipinski definition) is 2. The summed E-state index contributed by atoms with van der Waals surface area (Å²) in [5.41, 5.74) is 0.594. The molecule has 0 atom stereocenters. The van der Waals surface area contributed by atoms with E-state index in [9.17, 15) is 17.2 Å². The van der Waals surface area contributed by atoms with E-state index in [1.54, 1.807) is 31.6 Å². The van der Waals surface area contributed by atoms with E-state index >= 15 is 4.39 Å². The molecule has 9 nitrogen and oxygen atoms in total. The Morgan fingerprint density at radius 3 is 2.43 bits per heavy atom. The molecular weight excluding hydrogens is 587 g/mol. The summed E-state index contributed by atoms with van der Waals surface area (Å²) >= 11 is 1.23. The van der Waals surface area contributed by atoms with Crippen LogP contribution in [0.25, 0.3) is 32.4 Å². The third-order valence-electron chi connectivity index (χ3n) is 6.46. The number of hydrogen-bond acceptors (Lipinski definition) is 9. The molecular formula is C28H22F3N7O2S2. The lowest BCUT2D eigenvalue weighted by Crippen LogP contribution is -2.18. The monoisotopic (exact) mass is 609 g/mol. The van der Waals surface area contributed by atoms with Crippen LogP contribution in [0.1, 0.15) is 24.2 Å². The molecule has 214 valence electrons. The van der Waals surface area contributed by atoms with E-state index in [1.807, 2.05) is 4.72 Å². The molecule has 3 heterocycles. The van der Waals surface area contributed by atoms with Gasteiger partial charge < -0.3 is 5.32 Å². The van der Waals surface area contributed by atoms with Gasteiger partial charge in [0.1, 0.15) is 22.5 Å². The van der Waals surface area contributed by atoms with Crippen LogP contribution in [-0.4, -0.2) is 39.4 Å². The fourth-order valence-corrected chi connectivity index (χ4v) is 6.43. The van der Waals surface area contributed by atoms with Gasteiger partial charge in [-0.15, -0.1) is 11.3 Å². The van der Waals surface area contributed by atoms with Crippen LogP contribution >= 0.6 is 11.3 Å². The van der Waals surface area contributed by atoms with Crippen LogP contribution in [0.2, 0.25) is 0 Å². The van der Waals surface area contributed by atoms with E-state index < -0.39 is 38.1 Å². The summed E-state index contributed by atoms with van der Waals surface area (Å²) in [5.74, 6) is -2.56. The molecule has 0 unspecified atom stereocenters. The quantitative estimate of drug-likeness (QED) is 0.215. The zero-order valence-corrected chi connectivity index (χ0v) is 23.8. The van der Waals surface area contributed by atoms with Crippen molar-refractivity contribution in [3.63, 3.8) is 0 Å². The summed E-state index contributed by atoms with van der Waals surface area (Å²) < 4.78 is 73.2. The van der Waals surface area contributed by atoms with Crippen LogP contribution < -0.4 is 10.0 Å². The van der Waals surface area contributed by atoms with Crippen LogP contribution in [-0.2, 0) is 10.0 Å². The van der Waals surface area contributed by atoms with E-state index in [0.717, 1.165) is 31.0 Å². The Labute approximate surface area is 243 Å². The maximum absolute atomic E-state index is 16.1. The molecule has 6 rings (SSSR count). The predicted octanol–water partition coefficient (Wildman–Crippen LogP) is 6.13. The molecule has 14 heteroatoms. The summed E-state index contributed by atoms with van der Waals surface area (Å²) in [6.07, 6.45) is 6.81. The number of anilines is 2. The highest BCUT2D eigenvalue weighted by Gasteiger charge is 2.28. The van der Waals surface area contributed by atoms with Crippen molar-refractivity contribution in [3.05, 3.63) is 83.8 Å². The van der Waals surface area contributed by atoms with Gasteiger partial charge in [-0.05, 0) is 56.5 Å². The van der Waals surface area contributed by atoms with Crippen molar-refractivity contribution in [2.24, 2.45) is 0 Å². The number of sulfonamides is 1. The first kappa shape index (κ1) is 27.7. The zero-order chi connectivity index (χ0) is 29.6. The Balaban J connectivity index is 1.46. The molecule has 3 aromatic heterocycles. The van der Waals surface area contributed by atoms with Gasteiger partial charge in [0.2, 0.25) is 5.95 Å². The minimum atomic E-state index is -4.84. The summed E-state index contributed by atoms with van der Waals surface area (Å²) in [7, 11) is -4.84. The molecule has 1 aliphatic carbocycles. The molecule has 2 N–H and O–H groups in total. The maximum atomic E-state index is 16.1. The molecule has 1 saturated carbocycles. The molecule has 0 saturated heterocycles. The van der Waals surface area contributed by atoms with Gasteiger partial charge in [0.05, 0.1) is 22.0 Å². The van der Waals surface area contributed by atoms with Crippen molar-refractivity contribution in [2.75, 3.05) is 10.0 Å². The SMILES string of the molecule is Cc1ncc(-c2nc(-c3cccc(NS(=O)(=O)c4c(F)ccc(C)c4F)c3F)c(-c3ccnc(NC4CC4)n3)s2)cn1. The Morgan fingerprint density at radius 1 is 0.929 bits per heavy atom. The van der Waals surface area contributed by atoms with Gasteiger partial charge in [0.15, 0.2) is 10.7 Å². The highest BCUT2D eigenvalue weighted by molar-refractivity contribution is 7.92. The number of benzene rings is 2. The molecule has 0 spiro atoms. The zero-order valence-electron chi connectivity index (χ0n) is 22.2. The standard InChI is InChI=1S/C28H22F3N7O2S2/c1-14-6-9-19(29)26(22(14)30)42(39,40)38-20-5-3-4-18(23(20)31)24-25(21-10-11-32-28(36-21)35-17-7-8-17)41-27(37-24)16-12-33-15(2)34-13-16/h3-6,9-13,17,38H,7-8H2,1-2H3,(H,32,35,36). The van der Waals surface area contributed by atoms with Crippen molar-refractivity contribution >= 4 is 33.0 Å². The lowest BCUT2D eigenvalue weighted by atomic mass is 10.1. The number of aryl methyl sites for hydroxylation is 2. The average molecular weight is 610 g/mol. The Hall–Kier alpha value is -4.43. The molecule has 2 aromatic carbocycles. The first-order valence-corrected chi connectivity index (χ1v) is 15.1. The van der Waals surface area contributed by atoms with Gasteiger partial charge in [0, 0.05) is 35.8 Å². The minimum Gasteiger partial charge on any atom is -0.351 e. The minimum absolute atomic E-state index is 0.0544. The van der Waals surface area contributed by atoms with Crippen molar-refractivity contribution in [2.45, 2.75) is 37.6 Å². The normalized spacial score (nSPS) is 13.3. The second-order valence-electron chi connectivity index (χ2n) is 9.68. The fraction of sp³-hybridized carbons (Fsp3) is 0.179. The van der Waals surface area contributed by atoms with Crippen LogP contribution in [0, 0.1) is 31.3 Å². The lowest BCUT2D eigenvalue weighted by molar-refractivity contribution is 0.516. The number of rotatable bonds is 8. The molecule has 5 aromatic rings. The average Bonchev–Trinajstić information content (AvgIpc) is 3.66. The summed E-state index contributed by atoms with van der Waals surface area (Å²) in [4.78, 5) is 21.3. The number of nitrogens with zero attached hydrogens (tertiary/aromatic N) is 5. The molecule has 0 aliphatic heterocycles. The first-order valence-electron chi connectivity index (χ1n) is 12.8.